The van der Waals surface area contributed by atoms with Gasteiger partial charge in [-0.25, -0.2) is 0 Å². The zero-order valence-corrected chi connectivity index (χ0v) is 8.99. The van der Waals surface area contributed by atoms with Crippen molar-refractivity contribution >= 4 is 23.6 Å². The number of hydrogen-bond acceptors (Lipinski definition) is 4. The van der Waals surface area contributed by atoms with E-state index < -0.39 is 0 Å². The molecule has 1 N–H and O–H groups in total. The molecule has 4 heteroatoms. The molecule has 0 atom stereocenters. The SMILES string of the molecule is CCCNc1c(N(C)C)c(=O)c1=S. The molecule has 0 unspecified atom stereocenters. The van der Waals surface area contributed by atoms with E-state index in [0.29, 0.717) is 10.2 Å². The fourth-order valence-corrected chi connectivity index (χ4v) is 1.49. The van der Waals surface area contributed by atoms with Gasteiger partial charge in [-0.1, -0.05) is 19.1 Å². The summed E-state index contributed by atoms with van der Waals surface area (Å²) in [6, 6.07) is 0. The van der Waals surface area contributed by atoms with Crippen molar-refractivity contribution in [3.63, 3.8) is 0 Å². The molecule has 0 spiro atoms. The van der Waals surface area contributed by atoms with Crippen molar-refractivity contribution in [1.29, 1.82) is 0 Å². The molecule has 0 saturated heterocycles. The monoisotopic (exact) mass is 198 g/mol. The first kappa shape index (κ1) is 10.2. The van der Waals surface area contributed by atoms with Crippen molar-refractivity contribution in [3.05, 3.63) is 14.7 Å². The molecule has 0 aliphatic carbocycles. The maximum absolute atomic E-state index is 11.3. The lowest BCUT2D eigenvalue weighted by molar-refractivity contribution is 0.970. The number of nitrogens with one attached hydrogen (secondary N) is 1. The van der Waals surface area contributed by atoms with Gasteiger partial charge in [0.1, 0.15) is 10.2 Å². The standard InChI is InChI=1S/C9H14N2OS/c1-4-5-10-6-7(11(2)3)8(12)9(6)13/h10H,4-5H2,1-3H3. The average molecular weight is 198 g/mol. The second-order valence-corrected chi connectivity index (χ2v) is 3.61. The fourth-order valence-electron chi connectivity index (χ4n) is 1.22. The molecule has 13 heavy (non-hydrogen) atoms. The van der Waals surface area contributed by atoms with Crippen molar-refractivity contribution < 1.29 is 0 Å². The average Bonchev–Trinajstić information content (AvgIpc) is 2.09. The van der Waals surface area contributed by atoms with Gasteiger partial charge in [-0.3, -0.25) is 4.79 Å². The van der Waals surface area contributed by atoms with E-state index in [2.05, 4.69) is 12.2 Å². The third-order valence-corrected chi connectivity index (χ3v) is 2.27. The van der Waals surface area contributed by atoms with Crippen LogP contribution < -0.4 is 15.6 Å². The predicted molar refractivity (Wildman–Crippen MR) is 59.0 cm³/mol. The molecule has 0 aliphatic heterocycles. The molecule has 0 aromatic heterocycles. The van der Waals surface area contributed by atoms with E-state index in [0.717, 1.165) is 18.7 Å². The zero-order valence-electron chi connectivity index (χ0n) is 8.18. The van der Waals surface area contributed by atoms with E-state index in [1.54, 1.807) is 4.90 Å². The van der Waals surface area contributed by atoms with Crippen molar-refractivity contribution in [1.82, 2.24) is 0 Å². The highest BCUT2D eigenvalue weighted by Crippen LogP contribution is 2.24. The van der Waals surface area contributed by atoms with Crippen molar-refractivity contribution in [3.8, 4) is 0 Å². The molecule has 0 heterocycles. The summed E-state index contributed by atoms with van der Waals surface area (Å²) < 4.78 is 0.442. The highest BCUT2D eigenvalue weighted by molar-refractivity contribution is 7.71. The second-order valence-electron chi connectivity index (χ2n) is 3.20. The Bertz CT molecular complexity index is 363. The summed E-state index contributed by atoms with van der Waals surface area (Å²) in [6.45, 7) is 2.94. The van der Waals surface area contributed by atoms with Gasteiger partial charge in [0, 0.05) is 20.6 Å². The van der Waals surface area contributed by atoms with Crippen LogP contribution in [0.15, 0.2) is 4.79 Å². The van der Waals surface area contributed by atoms with E-state index in [9.17, 15) is 4.79 Å². The van der Waals surface area contributed by atoms with Crippen LogP contribution in [-0.2, 0) is 0 Å². The lowest BCUT2D eigenvalue weighted by Crippen LogP contribution is -2.26. The molecule has 0 radical (unpaired) electrons. The molecule has 3 nitrogen and oxygen atoms in total. The normalized spacial score (nSPS) is 10.4. The smallest absolute Gasteiger partial charge is 0.224 e. The first-order valence-electron chi connectivity index (χ1n) is 4.34. The number of hydrogen-bond donors (Lipinski definition) is 1. The van der Waals surface area contributed by atoms with Crippen LogP contribution in [0.3, 0.4) is 0 Å². The van der Waals surface area contributed by atoms with E-state index in [1.807, 2.05) is 14.1 Å². The van der Waals surface area contributed by atoms with Gasteiger partial charge in [0.25, 0.3) is 0 Å². The van der Waals surface area contributed by atoms with Gasteiger partial charge in [-0.05, 0) is 6.42 Å². The van der Waals surface area contributed by atoms with Crippen LogP contribution in [0.25, 0.3) is 0 Å². The van der Waals surface area contributed by atoms with Crippen LogP contribution in [-0.4, -0.2) is 20.6 Å². The predicted octanol–water partition coefficient (Wildman–Crippen LogP) is 1.54. The topological polar surface area (TPSA) is 32.3 Å². The minimum atomic E-state index is -0.0152. The lowest BCUT2D eigenvalue weighted by atomic mass is 10.2. The summed E-state index contributed by atoms with van der Waals surface area (Å²) in [5, 5.41) is 3.16. The van der Waals surface area contributed by atoms with Crippen LogP contribution in [0.2, 0.25) is 0 Å². The maximum atomic E-state index is 11.3. The van der Waals surface area contributed by atoms with Gasteiger partial charge in [0.15, 0.2) is 0 Å². The Morgan fingerprint density at radius 1 is 1.46 bits per heavy atom. The fraction of sp³-hybridized carbons (Fsp3) is 0.556. The summed E-state index contributed by atoms with van der Waals surface area (Å²) in [5.74, 6) is 0. The van der Waals surface area contributed by atoms with Gasteiger partial charge in [-0.15, -0.1) is 0 Å². The van der Waals surface area contributed by atoms with Crippen molar-refractivity contribution in [2.75, 3.05) is 30.9 Å². The zero-order chi connectivity index (χ0) is 10.0. The van der Waals surface area contributed by atoms with Gasteiger partial charge in [-0.2, -0.15) is 0 Å². The molecule has 1 aromatic rings. The Kier molecular flexibility index (Phi) is 3.03. The molecule has 72 valence electrons. The highest BCUT2D eigenvalue weighted by atomic mass is 32.1. The Balaban J connectivity index is 2.89. The summed E-state index contributed by atoms with van der Waals surface area (Å²) in [7, 11) is 3.70. The molecule has 0 bridgehead atoms. The summed E-state index contributed by atoms with van der Waals surface area (Å²) in [5.41, 5.74) is 1.53. The van der Waals surface area contributed by atoms with Crippen LogP contribution in [0.5, 0.6) is 0 Å². The van der Waals surface area contributed by atoms with Gasteiger partial charge in [0.05, 0.1) is 5.69 Å². The van der Waals surface area contributed by atoms with Crippen molar-refractivity contribution in [2.45, 2.75) is 13.3 Å². The lowest BCUT2D eigenvalue weighted by Gasteiger charge is -2.20. The summed E-state index contributed by atoms with van der Waals surface area (Å²) >= 11 is 4.94. The van der Waals surface area contributed by atoms with Crippen LogP contribution >= 0.6 is 12.2 Å². The first-order chi connectivity index (χ1) is 6.09. The Morgan fingerprint density at radius 3 is 2.54 bits per heavy atom. The maximum Gasteiger partial charge on any atom is 0.224 e. The number of nitrogens with zero attached hydrogens (tertiary/aromatic N) is 1. The summed E-state index contributed by atoms with van der Waals surface area (Å²) in [6.07, 6.45) is 1.03. The van der Waals surface area contributed by atoms with Crippen LogP contribution in [0, 0.1) is 4.51 Å². The Morgan fingerprint density at radius 2 is 2.08 bits per heavy atom. The quantitative estimate of drug-likeness (QED) is 0.744. The molecule has 0 amide bonds. The minimum Gasteiger partial charge on any atom is -0.382 e. The molecular formula is C9H14N2OS. The number of rotatable bonds is 4. The van der Waals surface area contributed by atoms with Gasteiger partial charge < -0.3 is 10.2 Å². The first-order valence-corrected chi connectivity index (χ1v) is 4.75. The molecule has 0 fully saturated rings. The Labute approximate surface area is 83.1 Å². The number of anilines is 2. The third-order valence-electron chi connectivity index (χ3n) is 1.88. The van der Waals surface area contributed by atoms with Gasteiger partial charge >= 0.3 is 0 Å². The van der Waals surface area contributed by atoms with Crippen molar-refractivity contribution in [2.24, 2.45) is 0 Å². The molecule has 1 rings (SSSR count). The molecule has 0 saturated carbocycles. The van der Waals surface area contributed by atoms with E-state index >= 15 is 0 Å². The third kappa shape index (κ3) is 1.72. The second kappa shape index (κ2) is 3.87. The molecular weight excluding hydrogens is 184 g/mol. The van der Waals surface area contributed by atoms with Crippen LogP contribution in [0.4, 0.5) is 11.4 Å². The Hall–Kier alpha value is -0.900. The van der Waals surface area contributed by atoms with Crippen LogP contribution in [0.1, 0.15) is 13.3 Å². The molecule has 0 aliphatic rings. The van der Waals surface area contributed by atoms with E-state index in [1.165, 1.54) is 0 Å². The van der Waals surface area contributed by atoms with E-state index in [4.69, 9.17) is 12.2 Å². The largest absolute Gasteiger partial charge is 0.382 e. The van der Waals surface area contributed by atoms with E-state index in [-0.39, 0.29) is 5.43 Å². The van der Waals surface area contributed by atoms with Gasteiger partial charge in [0.2, 0.25) is 5.43 Å². The highest BCUT2D eigenvalue weighted by Gasteiger charge is 2.18. The molecule has 1 aromatic carbocycles. The minimum absolute atomic E-state index is 0.0152. The summed E-state index contributed by atoms with van der Waals surface area (Å²) in [4.78, 5) is 13.1.